The molecule has 2 aromatic carbocycles. The number of rotatable bonds is 13. The highest BCUT2D eigenvalue weighted by Gasteiger charge is 2.07. The van der Waals surface area contributed by atoms with Crippen LogP contribution in [0.4, 0.5) is 11.4 Å². The van der Waals surface area contributed by atoms with Crippen LogP contribution in [0.1, 0.15) is 36.5 Å². The highest BCUT2D eigenvalue weighted by atomic mass is 16.5. The van der Waals surface area contributed by atoms with E-state index in [0.717, 1.165) is 25.0 Å². The van der Waals surface area contributed by atoms with Crippen molar-refractivity contribution in [2.45, 2.75) is 26.2 Å². The number of benzene rings is 2. The minimum atomic E-state index is -0.185. The third kappa shape index (κ3) is 8.53. The molecule has 7 heteroatoms. The Hall–Kier alpha value is -3.06. The highest BCUT2D eigenvalue weighted by Crippen LogP contribution is 2.18. The van der Waals surface area contributed by atoms with Crippen LogP contribution >= 0.6 is 0 Å². The van der Waals surface area contributed by atoms with E-state index >= 15 is 0 Å². The molecule has 0 aliphatic carbocycles. The summed E-state index contributed by atoms with van der Waals surface area (Å²) in [6, 6.07) is 14.4. The maximum absolute atomic E-state index is 12.3. The van der Waals surface area contributed by atoms with Crippen LogP contribution in [0.25, 0.3) is 0 Å². The normalized spacial score (nSPS) is 10.3. The molecule has 7 nitrogen and oxygen atoms in total. The molecule has 0 bridgehead atoms. The molecule has 0 atom stereocenters. The Labute approximate surface area is 178 Å². The average molecular weight is 414 g/mol. The molecule has 0 saturated carbocycles. The molecular weight excluding hydrogens is 382 g/mol. The maximum Gasteiger partial charge on any atom is 0.251 e. The fourth-order valence-electron chi connectivity index (χ4n) is 2.68. The Morgan fingerprint density at radius 2 is 1.77 bits per heavy atom. The minimum absolute atomic E-state index is 0.0832. The molecule has 0 spiro atoms. The van der Waals surface area contributed by atoms with Crippen molar-refractivity contribution in [3.63, 3.8) is 0 Å². The molecule has 30 heavy (non-hydrogen) atoms. The van der Waals surface area contributed by atoms with Crippen LogP contribution in [0.5, 0.6) is 5.75 Å². The zero-order chi connectivity index (χ0) is 21.6. The Bertz CT molecular complexity index is 811. The van der Waals surface area contributed by atoms with E-state index in [1.807, 2.05) is 30.3 Å². The number of carbonyl (C=O) groups excluding carboxylic acids is 2. The molecule has 0 radical (unpaired) electrons. The summed E-state index contributed by atoms with van der Waals surface area (Å²) in [5.74, 6) is 0.396. The van der Waals surface area contributed by atoms with Gasteiger partial charge in [0.1, 0.15) is 5.75 Å². The van der Waals surface area contributed by atoms with E-state index < -0.39 is 0 Å². The summed E-state index contributed by atoms with van der Waals surface area (Å²) >= 11 is 0. The Morgan fingerprint density at radius 1 is 0.967 bits per heavy atom. The molecule has 0 aromatic heterocycles. The van der Waals surface area contributed by atoms with Crippen LogP contribution in [0.3, 0.4) is 0 Å². The van der Waals surface area contributed by atoms with E-state index in [1.165, 1.54) is 0 Å². The van der Waals surface area contributed by atoms with E-state index in [-0.39, 0.29) is 18.4 Å². The van der Waals surface area contributed by atoms with Gasteiger partial charge in [0.15, 0.2) is 0 Å². The molecular formula is C23H31N3O4. The zero-order valence-corrected chi connectivity index (χ0v) is 17.7. The summed E-state index contributed by atoms with van der Waals surface area (Å²) in [5, 5.41) is 8.74. The lowest BCUT2D eigenvalue weighted by Gasteiger charge is -2.11. The lowest BCUT2D eigenvalue weighted by atomic mass is 10.2. The topological polar surface area (TPSA) is 88.7 Å². The number of anilines is 2. The summed E-state index contributed by atoms with van der Waals surface area (Å²) in [6.45, 7) is 4.00. The second-order valence-electron chi connectivity index (χ2n) is 6.81. The van der Waals surface area contributed by atoms with Crippen LogP contribution in [-0.2, 0) is 9.53 Å². The Kier molecular flexibility index (Phi) is 10.2. The predicted molar refractivity (Wildman–Crippen MR) is 119 cm³/mol. The van der Waals surface area contributed by atoms with E-state index in [9.17, 15) is 9.59 Å². The Morgan fingerprint density at radius 3 is 2.57 bits per heavy atom. The van der Waals surface area contributed by atoms with E-state index in [4.69, 9.17) is 9.47 Å². The second-order valence-corrected chi connectivity index (χ2v) is 6.81. The van der Waals surface area contributed by atoms with E-state index in [2.05, 4.69) is 22.9 Å². The van der Waals surface area contributed by atoms with Crippen molar-refractivity contribution in [2.24, 2.45) is 0 Å². The highest BCUT2D eigenvalue weighted by molar-refractivity contribution is 5.96. The first-order valence-corrected chi connectivity index (χ1v) is 10.3. The van der Waals surface area contributed by atoms with E-state index in [0.29, 0.717) is 36.7 Å². The Balaban J connectivity index is 1.82. The van der Waals surface area contributed by atoms with Gasteiger partial charge < -0.3 is 25.4 Å². The largest absolute Gasteiger partial charge is 0.494 e. The van der Waals surface area contributed by atoms with E-state index in [1.54, 1.807) is 25.3 Å². The summed E-state index contributed by atoms with van der Waals surface area (Å²) in [4.78, 5) is 24.5. The van der Waals surface area contributed by atoms with Crippen molar-refractivity contribution in [3.05, 3.63) is 54.1 Å². The van der Waals surface area contributed by atoms with Crippen molar-refractivity contribution in [2.75, 3.05) is 44.0 Å². The zero-order valence-electron chi connectivity index (χ0n) is 17.7. The van der Waals surface area contributed by atoms with Crippen LogP contribution in [0, 0.1) is 0 Å². The molecule has 0 aliphatic rings. The number of unbranched alkanes of at least 4 members (excludes halogenated alkanes) is 1. The average Bonchev–Trinajstić information content (AvgIpc) is 2.76. The SMILES string of the molecule is CCCCOc1cccc(NC(=O)CNc2cccc(C(=O)NCCCOC)c2)c1. The van der Waals surface area contributed by atoms with Gasteiger partial charge in [-0.25, -0.2) is 0 Å². The molecule has 3 N–H and O–H groups in total. The van der Waals surface area contributed by atoms with Gasteiger partial charge in [0, 0.05) is 43.3 Å². The number of hydrogen-bond donors (Lipinski definition) is 3. The summed E-state index contributed by atoms with van der Waals surface area (Å²) < 4.78 is 10.6. The number of hydrogen-bond acceptors (Lipinski definition) is 5. The van der Waals surface area contributed by atoms with Crippen LogP contribution < -0.4 is 20.7 Å². The van der Waals surface area contributed by atoms with Gasteiger partial charge >= 0.3 is 0 Å². The maximum atomic E-state index is 12.3. The quantitative estimate of drug-likeness (QED) is 0.436. The molecule has 2 amide bonds. The van der Waals surface area contributed by atoms with Crippen molar-refractivity contribution in [1.29, 1.82) is 0 Å². The van der Waals surface area contributed by atoms with Crippen molar-refractivity contribution in [3.8, 4) is 5.75 Å². The summed E-state index contributed by atoms with van der Waals surface area (Å²) in [7, 11) is 1.63. The molecule has 2 aromatic rings. The first-order valence-electron chi connectivity index (χ1n) is 10.3. The lowest BCUT2D eigenvalue weighted by molar-refractivity contribution is -0.114. The van der Waals surface area contributed by atoms with Gasteiger partial charge in [0.2, 0.25) is 5.91 Å². The van der Waals surface area contributed by atoms with Gasteiger partial charge in [0.25, 0.3) is 5.91 Å². The number of ether oxygens (including phenoxy) is 2. The summed E-state index contributed by atoms with van der Waals surface area (Å²) in [5.41, 5.74) is 1.92. The van der Waals surface area contributed by atoms with Gasteiger partial charge in [-0.3, -0.25) is 9.59 Å². The first kappa shape index (κ1) is 23.2. The lowest BCUT2D eigenvalue weighted by Crippen LogP contribution is -2.25. The van der Waals surface area contributed by atoms with Crippen molar-refractivity contribution < 1.29 is 19.1 Å². The smallest absolute Gasteiger partial charge is 0.251 e. The van der Waals surface area contributed by atoms with Gasteiger partial charge in [-0.15, -0.1) is 0 Å². The third-order valence-electron chi connectivity index (χ3n) is 4.27. The van der Waals surface area contributed by atoms with Gasteiger partial charge in [-0.05, 0) is 43.2 Å². The van der Waals surface area contributed by atoms with Gasteiger partial charge in [-0.2, -0.15) is 0 Å². The number of methoxy groups -OCH3 is 1. The standard InChI is InChI=1S/C23H31N3O4/c1-3-4-14-30-21-11-6-10-20(16-21)26-22(27)17-25-19-9-5-8-18(15-19)23(28)24-12-7-13-29-2/h5-6,8-11,15-16,25H,3-4,7,12-14,17H2,1-2H3,(H,24,28)(H,26,27). The van der Waals surface area contributed by atoms with Crippen molar-refractivity contribution in [1.82, 2.24) is 5.32 Å². The third-order valence-corrected chi connectivity index (χ3v) is 4.27. The first-order chi connectivity index (χ1) is 14.6. The fraction of sp³-hybridized carbons (Fsp3) is 0.391. The predicted octanol–water partition coefficient (Wildman–Crippen LogP) is 3.68. The number of amides is 2. The van der Waals surface area contributed by atoms with Crippen molar-refractivity contribution >= 4 is 23.2 Å². The van der Waals surface area contributed by atoms with Gasteiger partial charge in [-0.1, -0.05) is 25.5 Å². The molecule has 162 valence electrons. The fourth-order valence-corrected chi connectivity index (χ4v) is 2.68. The second kappa shape index (κ2) is 13.2. The minimum Gasteiger partial charge on any atom is -0.494 e. The number of nitrogens with one attached hydrogen (secondary N) is 3. The van der Waals surface area contributed by atoms with Crippen LogP contribution in [0.15, 0.2) is 48.5 Å². The monoisotopic (exact) mass is 413 g/mol. The van der Waals surface area contributed by atoms with Crippen LogP contribution in [0.2, 0.25) is 0 Å². The molecule has 0 aliphatic heterocycles. The molecule has 0 heterocycles. The molecule has 0 unspecified atom stereocenters. The van der Waals surface area contributed by atoms with Crippen LogP contribution in [-0.4, -0.2) is 45.2 Å². The summed E-state index contributed by atoms with van der Waals surface area (Å²) in [6.07, 6.45) is 2.81. The van der Waals surface area contributed by atoms with Gasteiger partial charge in [0.05, 0.1) is 13.2 Å². The molecule has 2 rings (SSSR count). The molecule has 0 fully saturated rings. The molecule has 0 saturated heterocycles. The number of carbonyl (C=O) groups is 2.